The zero-order chi connectivity index (χ0) is 35.4. The van der Waals surface area contributed by atoms with Crippen LogP contribution in [0, 0.1) is 17.4 Å². The van der Waals surface area contributed by atoms with Crippen molar-refractivity contribution in [3.8, 4) is 0 Å². The Morgan fingerprint density at radius 2 is 1.10 bits per heavy atom. The normalized spacial score (nSPS) is 14.1. The summed E-state index contributed by atoms with van der Waals surface area (Å²) in [5.74, 6) is 0.573. The van der Waals surface area contributed by atoms with Gasteiger partial charge in [-0.1, -0.05) is 122 Å². The van der Waals surface area contributed by atoms with Gasteiger partial charge >= 0.3 is 120 Å². The molecule has 264 valence electrons. The minimum atomic E-state index is 0. The van der Waals surface area contributed by atoms with Crippen LogP contribution in [0.1, 0.15) is 97.9 Å². The molecule has 1 aliphatic rings. The van der Waals surface area contributed by atoms with E-state index in [1.54, 1.807) is 0 Å². The molecule has 0 bridgehead atoms. The van der Waals surface area contributed by atoms with Crippen LogP contribution in [0.3, 0.4) is 0 Å². The van der Waals surface area contributed by atoms with E-state index in [2.05, 4.69) is 142 Å². The summed E-state index contributed by atoms with van der Waals surface area (Å²) in [6.07, 6.45) is 9.00. The molecule has 0 aromatic heterocycles. The third-order valence-electron chi connectivity index (χ3n) is 8.80. The molecule has 1 atom stereocenters. The Morgan fingerprint density at radius 1 is 0.660 bits per heavy atom. The topological polar surface area (TPSA) is 0 Å². The predicted molar refractivity (Wildman–Crippen MR) is 210 cm³/mol. The first-order chi connectivity index (χ1) is 22.4. The largest absolute Gasteiger partial charge is 1.00 e. The van der Waals surface area contributed by atoms with Crippen molar-refractivity contribution in [2.45, 2.75) is 86.5 Å². The maximum Gasteiger partial charge on any atom is -1.00 e. The van der Waals surface area contributed by atoms with Crippen molar-refractivity contribution in [3.63, 3.8) is 0 Å². The van der Waals surface area contributed by atoms with E-state index in [0.29, 0.717) is 11.3 Å². The van der Waals surface area contributed by atoms with Crippen LogP contribution in [0.15, 0.2) is 109 Å². The van der Waals surface area contributed by atoms with Crippen molar-refractivity contribution in [1.82, 2.24) is 0 Å². The second-order valence-corrected chi connectivity index (χ2v) is 17.9. The molecule has 6 rings (SSSR count). The average molecular weight is 824 g/mol. The van der Waals surface area contributed by atoms with E-state index in [1.807, 2.05) is 36.4 Å². The molecule has 5 heteroatoms. The molecular weight excluding hydrogens is 774 g/mol. The molecule has 0 amide bonds. The quantitative estimate of drug-likeness (QED) is 0.163. The van der Waals surface area contributed by atoms with Crippen molar-refractivity contribution in [2.75, 3.05) is 0 Å². The van der Waals surface area contributed by atoms with Crippen molar-refractivity contribution in [2.24, 2.45) is 11.3 Å². The SMILES string of the molecule is CC(C)(C)c1ccc2c(c1)[cH-]c1cc(C(C)(C)C)ccc12.CCC1[C-]=CC(C(C)(C)C)=C1.Clc1cccc([C](=[Zr+2])c2cccc(Cl)c2)c1.[Cl-].[Cl-]. The zero-order valence-corrected chi connectivity index (χ0v) is 36.6. The van der Waals surface area contributed by atoms with Gasteiger partial charge in [-0.05, 0) is 10.8 Å². The molecule has 0 spiro atoms. The van der Waals surface area contributed by atoms with E-state index in [9.17, 15) is 0 Å². The summed E-state index contributed by atoms with van der Waals surface area (Å²) in [5, 5.41) is 7.00. The van der Waals surface area contributed by atoms with Crippen molar-refractivity contribution in [1.29, 1.82) is 0 Å². The Hall–Kier alpha value is -1.86. The van der Waals surface area contributed by atoms with Crippen LogP contribution in [-0.2, 0) is 35.1 Å². The number of hydrogen-bond acceptors (Lipinski definition) is 0. The number of allylic oxidation sites excluding steroid dienone is 4. The van der Waals surface area contributed by atoms with Crippen molar-refractivity contribution in [3.05, 3.63) is 147 Å². The second-order valence-electron chi connectivity index (χ2n) is 15.8. The van der Waals surface area contributed by atoms with Crippen LogP contribution in [0.2, 0.25) is 10.0 Å². The van der Waals surface area contributed by atoms with E-state index in [1.165, 1.54) is 72.1 Å². The van der Waals surface area contributed by atoms with E-state index in [-0.39, 0.29) is 35.6 Å². The van der Waals surface area contributed by atoms with Crippen LogP contribution in [0.4, 0.5) is 0 Å². The van der Waals surface area contributed by atoms with Crippen molar-refractivity contribution < 1.29 is 49.0 Å². The first-order valence-corrected chi connectivity index (χ1v) is 18.9. The van der Waals surface area contributed by atoms with Gasteiger partial charge in [0.25, 0.3) is 0 Å². The minimum absolute atomic E-state index is 0. The molecule has 0 saturated carbocycles. The Labute approximate surface area is 339 Å². The molecule has 0 saturated heterocycles. The third-order valence-corrected chi connectivity index (χ3v) is 10.7. The fraction of sp³-hybridized carbons (Fsp3) is 0.333. The number of fused-ring (bicyclic) bond motifs is 3. The minimum Gasteiger partial charge on any atom is -1.00 e. The van der Waals surface area contributed by atoms with Crippen LogP contribution >= 0.6 is 23.2 Å². The monoisotopic (exact) mass is 820 g/mol. The van der Waals surface area contributed by atoms with Crippen LogP contribution in [0.25, 0.3) is 21.5 Å². The van der Waals surface area contributed by atoms with Gasteiger partial charge in [-0.25, -0.2) is 6.08 Å². The number of hydrogen-bond donors (Lipinski definition) is 0. The van der Waals surface area contributed by atoms with E-state index >= 15 is 0 Å². The average Bonchev–Trinajstić information content (AvgIpc) is 3.65. The van der Waals surface area contributed by atoms with Gasteiger partial charge in [0, 0.05) is 0 Å². The predicted octanol–water partition coefficient (Wildman–Crippen LogP) is 7.78. The van der Waals surface area contributed by atoms with Gasteiger partial charge < -0.3 is 24.8 Å². The molecule has 0 heterocycles. The summed E-state index contributed by atoms with van der Waals surface area (Å²) in [6, 6.07) is 32.0. The van der Waals surface area contributed by atoms with Crippen LogP contribution < -0.4 is 24.8 Å². The summed E-state index contributed by atoms with van der Waals surface area (Å²) >= 11 is 13.3. The zero-order valence-electron chi connectivity index (χ0n) is 31.1. The van der Waals surface area contributed by atoms with Gasteiger partial charge in [0.2, 0.25) is 0 Å². The van der Waals surface area contributed by atoms with Gasteiger partial charge in [0.05, 0.1) is 0 Å². The molecular formula is C45H50Cl4Zr-2. The summed E-state index contributed by atoms with van der Waals surface area (Å²) in [5.41, 5.74) is 7.27. The summed E-state index contributed by atoms with van der Waals surface area (Å²) in [6.45, 7) is 22.6. The van der Waals surface area contributed by atoms with Gasteiger partial charge in [0.15, 0.2) is 0 Å². The number of halogens is 4. The van der Waals surface area contributed by atoms with Gasteiger partial charge in [-0.15, -0.1) is 39.7 Å². The Morgan fingerprint density at radius 3 is 1.42 bits per heavy atom. The first-order valence-electron chi connectivity index (χ1n) is 16.9. The van der Waals surface area contributed by atoms with Crippen LogP contribution in [-0.4, -0.2) is 3.21 Å². The summed E-state index contributed by atoms with van der Waals surface area (Å²) in [4.78, 5) is 0. The molecule has 0 radical (unpaired) electrons. The Balaban J connectivity index is 0.000000268. The van der Waals surface area contributed by atoms with Gasteiger partial charge in [-0.3, -0.25) is 6.08 Å². The molecule has 5 aromatic rings. The summed E-state index contributed by atoms with van der Waals surface area (Å²) in [7, 11) is 0. The van der Waals surface area contributed by atoms with E-state index in [0.717, 1.165) is 21.2 Å². The number of rotatable bonds is 3. The Kier molecular flexibility index (Phi) is 16.2. The molecule has 0 nitrogen and oxygen atoms in total. The smallest absolute Gasteiger partial charge is 1.00 e. The maximum atomic E-state index is 5.98. The van der Waals surface area contributed by atoms with E-state index in [4.69, 9.17) is 23.2 Å². The van der Waals surface area contributed by atoms with Gasteiger partial charge in [-0.2, -0.15) is 11.6 Å². The number of benzene rings is 4. The molecule has 0 aliphatic heterocycles. The molecule has 0 fully saturated rings. The fourth-order valence-electron chi connectivity index (χ4n) is 5.62. The first kappa shape index (κ1) is 44.3. The standard InChI is InChI=1S/C21H25.C13H8Cl2.C11H17.2ClH.Zr/c1-20(2,3)16-7-9-18-14(12-16)11-15-13-17(21(4,5)6)8-10-19(15)18;14-12-5-1-3-10(8-12)7-11-4-2-6-13(15)9-11;1-5-9-6-7-10(8-9)11(2,3)4;;;/h7-13H,1-6H3;1-6,8-9H;7-9H,5H2,1-4H3;2*1H;/q-1;;-1;;;+2/p-2. The van der Waals surface area contributed by atoms with E-state index < -0.39 is 0 Å². The molecule has 50 heavy (non-hydrogen) atoms. The molecule has 1 unspecified atom stereocenters. The third kappa shape index (κ3) is 11.8. The second kappa shape index (κ2) is 18.3. The van der Waals surface area contributed by atoms with Crippen molar-refractivity contribution >= 4 is 48.0 Å². The molecule has 0 N–H and O–H groups in total. The summed E-state index contributed by atoms with van der Waals surface area (Å²) < 4.78 is 1.26. The molecule has 1 aliphatic carbocycles. The van der Waals surface area contributed by atoms with Crippen LogP contribution in [0.5, 0.6) is 0 Å². The molecule has 5 aromatic carbocycles. The fourth-order valence-corrected chi connectivity index (χ4v) is 6.77. The van der Waals surface area contributed by atoms with Gasteiger partial charge in [0.1, 0.15) is 0 Å². The maximum absolute atomic E-state index is 5.98. The Bertz CT molecular complexity index is 1840.